The molecule has 0 saturated carbocycles. The van der Waals surface area contributed by atoms with E-state index in [4.69, 9.17) is 4.74 Å². The minimum atomic E-state index is -0.512. The Morgan fingerprint density at radius 1 is 1.59 bits per heavy atom. The number of hydrogen-bond donors (Lipinski definition) is 0. The zero-order valence-corrected chi connectivity index (χ0v) is 10.4. The van der Waals surface area contributed by atoms with Crippen LogP contribution in [0.3, 0.4) is 0 Å². The van der Waals surface area contributed by atoms with Crippen LogP contribution in [0.25, 0.3) is 0 Å². The zero-order valence-electron chi connectivity index (χ0n) is 10.4. The predicted molar refractivity (Wildman–Crippen MR) is 62.4 cm³/mol. The Bertz CT molecular complexity index is 344. The van der Waals surface area contributed by atoms with Crippen molar-refractivity contribution in [3.8, 4) is 0 Å². The van der Waals surface area contributed by atoms with E-state index in [-0.39, 0.29) is 17.6 Å². The number of nitro groups is 1. The number of ether oxygens (including phenoxy) is 1. The van der Waals surface area contributed by atoms with Crippen molar-refractivity contribution < 1.29 is 14.5 Å². The first-order valence-corrected chi connectivity index (χ1v) is 5.55. The van der Waals surface area contributed by atoms with Crippen LogP contribution >= 0.6 is 0 Å². The quantitative estimate of drug-likeness (QED) is 0.420. The van der Waals surface area contributed by atoms with Gasteiger partial charge in [0.1, 0.15) is 5.60 Å². The van der Waals surface area contributed by atoms with Gasteiger partial charge in [-0.05, 0) is 32.8 Å². The fourth-order valence-electron chi connectivity index (χ4n) is 1.51. The third kappa shape index (κ3) is 4.84. The van der Waals surface area contributed by atoms with E-state index in [1.54, 1.807) is 11.0 Å². The highest BCUT2D eigenvalue weighted by molar-refractivity contribution is 5.68. The summed E-state index contributed by atoms with van der Waals surface area (Å²) in [5, 5.41) is 10.3. The second-order valence-corrected chi connectivity index (χ2v) is 5.03. The molecule has 0 N–H and O–H groups in total. The molecule has 96 valence electrons. The van der Waals surface area contributed by atoms with Gasteiger partial charge in [0, 0.05) is 18.0 Å². The van der Waals surface area contributed by atoms with E-state index >= 15 is 0 Å². The maximum absolute atomic E-state index is 11.7. The van der Waals surface area contributed by atoms with Crippen LogP contribution in [0.2, 0.25) is 0 Å². The molecule has 0 aromatic heterocycles. The SMILES string of the molecule is CC(C)(C)OC(=O)N1CC=C(C[N+](=O)[O-])CC1. The van der Waals surface area contributed by atoms with Crippen molar-refractivity contribution in [2.45, 2.75) is 32.8 Å². The highest BCUT2D eigenvalue weighted by atomic mass is 16.6. The van der Waals surface area contributed by atoms with Gasteiger partial charge in [0.15, 0.2) is 0 Å². The number of rotatable bonds is 2. The largest absolute Gasteiger partial charge is 0.444 e. The number of hydrogen-bond acceptors (Lipinski definition) is 4. The molecule has 0 spiro atoms. The van der Waals surface area contributed by atoms with Crippen molar-refractivity contribution in [3.63, 3.8) is 0 Å². The Morgan fingerprint density at radius 3 is 2.65 bits per heavy atom. The summed E-state index contributed by atoms with van der Waals surface area (Å²) in [5.41, 5.74) is 0.261. The molecule has 0 unspecified atom stereocenters. The van der Waals surface area contributed by atoms with E-state index in [1.165, 1.54) is 0 Å². The summed E-state index contributed by atoms with van der Waals surface area (Å²) in [7, 11) is 0. The molecule has 0 radical (unpaired) electrons. The van der Waals surface area contributed by atoms with Gasteiger partial charge in [-0.2, -0.15) is 0 Å². The monoisotopic (exact) mass is 242 g/mol. The molecule has 6 heteroatoms. The van der Waals surface area contributed by atoms with Crippen molar-refractivity contribution in [2.24, 2.45) is 0 Å². The van der Waals surface area contributed by atoms with Crippen molar-refractivity contribution in [3.05, 3.63) is 21.8 Å². The second-order valence-electron chi connectivity index (χ2n) is 5.03. The van der Waals surface area contributed by atoms with Gasteiger partial charge in [-0.3, -0.25) is 10.1 Å². The van der Waals surface area contributed by atoms with Gasteiger partial charge in [0.05, 0.1) is 0 Å². The highest BCUT2D eigenvalue weighted by Crippen LogP contribution is 2.15. The fraction of sp³-hybridized carbons (Fsp3) is 0.727. The smallest absolute Gasteiger partial charge is 0.410 e. The van der Waals surface area contributed by atoms with Crippen LogP contribution in [-0.4, -0.2) is 41.2 Å². The lowest BCUT2D eigenvalue weighted by atomic mass is 10.1. The number of amides is 1. The summed E-state index contributed by atoms with van der Waals surface area (Å²) in [5.74, 6) is 0. The summed E-state index contributed by atoms with van der Waals surface area (Å²) in [6.45, 7) is 6.16. The van der Waals surface area contributed by atoms with E-state index in [2.05, 4.69) is 0 Å². The van der Waals surface area contributed by atoms with Gasteiger partial charge in [-0.25, -0.2) is 4.79 Å². The molecule has 0 aromatic carbocycles. The van der Waals surface area contributed by atoms with Gasteiger partial charge in [0.2, 0.25) is 6.54 Å². The second kappa shape index (κ2) is 5.16. The van der Waals surface area contributed by atoms with E-state index in [0.717, 1.165) is 5.57 Å². The minimum absolute atomic E-state index is 0.137. The normalized spacial score (nSPS) is 16.4. The van der Waals surface area contributed by atoms with Crippen LogP contribution in [0, 0.1) is 10.1 Å². The van der Waals surface area contributed by atoms with Crippen LogP contribution in [0.1, 0.15) is 27.2 Å². The molecule has 1 rings (SSSR count). The molecule has 0 bridgehead atoms. The molecule has 0 saturated heterocycles. The van der Waals surface area contributed by atoms with Crippen LogP contribution in [0.5, 0.6) is 0 Å². The highest BCUT2D eigenvalue weighted by Gasteiger charge is 2.24. The molecular formula is C11H18N2O4. The Hall–Kier alpha value is -1.59. The molecule has 0 atom stereocenters. The summed E-state index contributed by atoms with van der Waals surface area (Å²) < 4.78 is 5.22. The van der Waals surface area contributed by atoms with E-state index in [1.807, 2.05) is 20.8 Å². The summed E-state index contributed by atoms with van der Waals surface area (Å²) in [6, 6.07) is 0. The van der Waals surface area contributed by atoms with Crippen molar-refractivity contribution in [1.29, 1.82) is 0 Å². The van der Waals surface area contributed by atoms with Gasteiger partial charge in [-0.15, -0.1) is 0 Å². The van der Waals surface area contributed by atoms with Crippen molar-refractivity contribution in [1.82, 2.24) is 4.90 Å². The van der Waals surface area contributed by atoms with Gasteiger partial charge in [-0.1, -0.05) is 6.08 Å². The van der Waals surface area contributed by atoms with Crippen LogP contribution < -0.4 is 0 Å². The Labute approximate surface area is 100 Å². The third-order valence-electron chi connectivity index (χ3n) is 2.29. The maximum atomic E-state index is 11.7. The molecule has 1 aliphatic rings. The first-order chi connectivity index (χ1) is 7.78. The summed E-state index contributed by atoms with van der Waals surface area (Å²) in [4.78, 5) is 23.2. The van der Waals surface area contributed by atoms with Crippen LogP contribution in [0.15, 0.2) is 11.6 Å². The van der Waals surface area contributed by atoms with Gasteiger partial charge in [0.25, 0.3) is 0 Å². The molecule has 0 fully saturated rings. The van der Waals surface area contributed by atoms with Crippen LogP contribution in [0.4, 0.5) is 4.79 Å². The third-order valence-corrected chi connectivity index (χ3v) is 2.29. The molecular weight excluding hydrogens is 224 g/mol. The summed E-state index contributed by atoms with van der Waals surface area (Å²) >= 11 is 0. The van der Waals surface area contributed by atoms with E-state index < -0.39 is 5.60 Å². The Kier molecular flexibility index (Phi) is 4.09. The van der Waals surface area contributed by atoms with E-state index in [9.17, 15) is 14.9 Å². The van der Waals surface area contributed by atoms with Gasteiger partial charge >= 0.3 is 6.09 Å². The molecule has 0 aliphatic carbocycles. The maximum Gasteiger partial charge on any atom is 0.410 e. The average molecular weight is 242 g/mol. The lowest BCUT2D eigenvalue weighted by molar-refractivity contribution is -0.471. The topological polar surface area (TPSA) is 72.7 Å². The molecule has 0 aromatic rings. The molecule has 1 heterocycles. The first kappa shape index (κ1) is 13.5. The van der Waals surface area contributed by atoms with Crippen molar-refractivity contribution in [2.75, 3.05) is 19.6 Å². The Morgan fingerprint density at radius 2 is 2.24 bits per heavy atom. The lowest BCUT2D eigenvalue weighted by Crippen LogP contribution is -2.39. The standard InChI is InChI=1S/C11H18N2O4/c1-11(2,3)17-10(14)12-6-4-9(5-7-12)8-13(15)16/h4H,5-8H2,1-3H3. The minimum Gasteiger partial charge on any atom is -0.444 e. The predicted octanol–water partition coefficient (Wildman–Crippen LogP) is 1.83. The molecule has 6 nitrogen and oxygen atoms in total. The Balaban J connectivity index is 2.48. The number of carbonyl (C=O) groups is 1. The van der Waals surface area contributed by atoms with Crippen LogP contribution in [-0.2, 0) is 4.74 Å². The zero-order chi connectivity index (χ0) is 13.1. The molecule has 1 amide bonds. The van der Waals surface area contributed by atoms with Crippen molar-refractivity contribution >= 4 is 6.09 Å². The average Bonchev–Trinajstić information content (AvgIpc) is 2.15. The van der Waals surface area contributed by atoms with E-state index in [0.29, 0.717) is 19.5 Å². The molecule has 1 aliphatic heterocycles. The molecule has 17 heavy (non-hydrogen) atoms. The summed E-state index contributed by atoms with van der Waals surface area (Å²) in [6.07, 6.45) is 1.91. The first-order valence-electron chi connectivity index (χ1n) is 5.55. The van der Waals surface area contributed by atoms with Gasteiger partial charge < -0.3 is 9.64 Å². The lowest BCUT2D eigenvalue weighted by Gasteiger charge is -2.28. The fourth-order valence-corrected chi connectivity index (χ4v) is 1.51. The number of nitrogens with zero attached hydrogens (tertiary/aromatic N) is 2. The number of carbonyl (C=O) groups excluding carboxylic acids is 1.